The Bertz CT molecular complexity index is 362. The molecule has 0 bridgehead atoms. The fourth-order valence-electron chi connectivity index (χ4n) is 1.18. The predicted octanol–water partition coefficient (Wildman–Crippen LogP) is 2.86. The van der Waals surface area contributed by atoms with Crippen LogP contribution in [0.2, 0.25) is 0 Å². The third-order valence-corrected chi connectivity index (χ3v) is 3.36. The normalized spacial score (nSPS) is 11.7. The maximum Gasteiger partial charge on any atom is 0.0743 e. The fraction of sp³-hybridized carbons (Fsp3) is 0.385. The molecule has 1 atom stereocenters. The molecule has 0 heterocycles. The van der Waals surface area contributed by atoms with Gasteiger partial charge in [-0.1, -0.05) is 18.2 Å². The minimum absolute atomic E-state index is 0.331. The van der Waals surface area contributed by atoms with E-state index in [-0.39, 0.29) is 6.10 Å². The second-order valence-corrected chi connectivity index (χ2v) is 4.42. The van der Waals surface area contributed by atoms with E-state index in [1.807, 2.05) is 12.1 Å². The second-order valence-electron chi connectivity index (χ2n) is 3.36. The predicted molar refractivity (Wildman–Crippen MR) is 66.0 cm³/mol. The van der Waals surface area contributed by atoms with Crippen LogP contribution >= 0.6 is 11.8 Å². The van der Waals surface area contributed by atoms with Crippen molar-refractivity contribution in [1.82, 2.24) is 0 Å². The van der Waals surface area contributed by atoms with Crippen molar-refractivity contribution in [1.29, 1.82) is 0 Å². The molecular formula is C13H16OS. The summed E-state index contributed by atoms with van der Waals surface area (Å²) in [4.78, 5) is 1.24. The Labute approximate surface area is 95.9 Å². The summed E-state index contributed by atoms with van der Waals surface area (Å²) >= 11 is 1.69. The summed E-state index contributed by atoms with van der Waals surface area (Å²) in [5.74, 6) is 6.38. The minimum Gasteiger partial charge on any atom is -0.391 e. The Hall–Kier alpha value is -0.910. The minimum atomic E-state index is -0.331. The lowest BCUT2D eigenvalue weighted by Gasteiger charge is -2.08. The first-order valence-electron chi connectivity index (χ1n) is 5.00. The molecule has 0 saturated heterocycles. The first-order valence-corrected chi connectivity index (χ1v) is 5.98. The molecule has 1 nitrogen and oxygen atoms in total. The van der Waals surface area contributed by atoms with E-state index in [1.165, 1.54) is 10.5 Å². The zero-order valence-electron chi connectivity index (χ0n) is 9.16. The number of aliphatic hydroxyl groups excluding tert-OH is 1. The van der Waals surface area contributed by atoms with Crippen LogP contribution in [0.4, 0.5) is 0 Å². The summed E-state index contributed by atoms with van der Waals surface area (Å²) in [6, 6.07) is 8.21. The van der Waals surface area contributed by atoms with Crippen molar-refractivity contribution < 1.29 is 5.11 Å². The summed E-state index contributed by atoms with van der Waals surface area (Å²) < 4.78 is 0. The van der Waals surface area contributed by atoms with Crippen LogP contribution in [0.1, 0.15) is 18.9 Å². The zero-order valence-corrected chi connectivity index (χ0v) is 9.97. The van der Waals surface area contributed by atoms with E-state index >= 15 is 0 Å². The third-order valence-electron chi connectivity index (χ3n) is 2.04. The van der Waals surface area contributed by atoms with Gasteiger partial charge in [0.25, 0.3) is 0 Å². The summed E-state index contributed by atoms with van der Waals surface area (Å²) in [6.45, 7) is 3.88. The first kappa shape index (κ1) is 12.2. The summed E-state index contributed by atoms with van der Waals surface area (Å²) in [5, 5.41) is 9.61. The van der Waals surface area contributed by atoms with Crippen molar-refractivity contribution in [2.75, 3.05) is 5.75 Å². The molecule has 1 aromatic carbocycles. The second kappa shape index (κ2) is 6.55. The number of hydrogen-bond donors (Lipinski definition) is 1. The summed E-state index contributed by atoms with van der Waals surface area (Å²) in [7, 11) is 0. The Kier molecular flexibility index (Phi) is 5.31. The molecule has 0 spiro atoms. The lowest BCUT2D eigenvalue weighted by Crippen LogP contribution is -2.08. The Morgan fingerprint density at radius 2 is 2.13 bits per heavy atom. The number of aryl methyl sites for hydroxylation is 1. The molecule has 0 radical (unpaired) electrons. The molecule has 0 saturated carbocycles. The number of aliphatic hydroxyl groups is 1. The highest BCUT2D eigenvalue weighted by molar-refractivity contribution is 7.99. The van der Waals surface area contributed by atoms with Crippen LogP contribution in [0, 0.1) is 18.8 Å². The van der Waals surface area contributed by atoms with Gasteiger partial charge in [0.1, 0.15) is 0 Å². The molecule has 0 aliphatic carbocycles. The number of benzene rings is 1. The van der Waals surface area contributed by atoms with Gasteiger partial charge < -0.3 is 5.11 Å². The van der Waals surface area contributed by atoms with Crippen LogP contribution in [-0.2, 0) is 0 Å². The molecule has 2 heteroatoms. The molecule has 1 aromatic rings. The molecular weight excluding hydrogens is 204 g/mol. The summed E-state index contributed by atoms with van der Waals surface area (Å²) in [5.41, 5.74) is 1.26. The maximum absolute atomic E-state index is 9.61. The van der Waals surface area contributed by atoms with E-state index in [4.69, 9.17) is 0 Å². The molecule has 1 N–H and O–H groups in total. The molecule has 0 amide bonds. The van der Waals surface area contributed by atoms with Crippen molar-refractivity contribution in [3.05, 3.63) is 29.8 Å². The van der Waals surface area contributed by atoms with Crippen LogP contribution in [-0.4, -0.2) is 17.0 Å². The van der Waals surface area contributed by atoms with E-state index in [1.54, 1.807) is 18.7 Å². The smallest absolute Gasteiger partial charge is 0.0743 e. The molecule has 15 heavy (non-hydrogen) atoms. The van der Waals surface area contributed by atoms with E-state index < -0.39 is 0 Å². The first-order chi connectivity index (χ1) is 7.24. The molecule has 0 aliphatic rings. The zero-order chi connectivity index (χ0) is 11.1. The fourth-order valence-corrected chi connectivity index (χ4v) is 2.14. The van der Waals surface area contributed by atoms with Crippen molar-refractivity contribution in [2.24, 2.45) is 0 Å². The van der Waals surface area contributed by atoms with Gasteiger partial charge in [0.2, 0.25) is 0 Å². The molecule has 1 unspecified atom stereocenters. The van der Waals surface area contributed by atoms with Gasteiger partial charge in [0.05, 0.1) is 6.10 Å². The van der Waals surface area contributed by atoms with Gasteiger partial charge in [-0.05, 0) is 25.5 Å². The number of thioether (sulfide) groups is 1. The van der Waals surface area contributed by atoms with Gasteiger partial charge in [-0.15, -0.1) is 23.6 Å². The third kappa shape index (κ3) is 4.42. The van der Waals surface area contributed by atoms with Gasteiger partial charge in [-0.25, -0.2) is 0 Å². The largest absolute Gasteiger partial charge is 0.391 e. The van der Waals surface area contributed by atoms with Crippen molar-refractivity contribution in [3.8, 4) is 11.8 Å². The van der Waals surface area contributed by atoms with Gasteiger partial charge in [-0.2, -0.15) is 0 Å². The topological polar surface area (TPSA) is 20.2 Å². The number of rotatable bonds is 4. The van der Waals surface area contributed by atoms with Crippen LogP contribution in [0.25, 0.3) is 0 Å². The van der Waals surface area contributed by atoms with E-state index in [0.29, 0.717) is 12.2 Å². The highest BCUT2D eigenvalue weighted by atomic mass is 32.2. The van der Waals surface area contributed by atoms with Crippen LogP contribution in [0.5, 0.6) is 0 Å². The Morgan fingerprint density at radius 1 is 1.40 bits per heavy atom. The quantitative estimate of drug-likeness (QED) is 0.622. The monoisotopic (exact) mass is 220 g/mol. The van der Waals surface area contributed by atoms with E-state index in [9.17, 15) is 5.11 Å². The van der Waals surface area contributed by atoms with E-state index in [2.05, 4.69) is 30.9 Å². The van der Waals surface area contributed by atoms with Gasteiger partial charge in [-0.3, -0.25) is 0 Å². The molecule has 0 aliphatic heterocycles. The van der Waals surface area contributed by atoms with Crippen molar-refractivity contribution in [3.63, 3.8) is 0 Å². The van der Waals surface area contributed by atoms with Crippen LogP contribution < -0.4 is 0 Å². The Balaban J connectivity index is 2.42. The van der Waals surface area contributed by atoms with E-state index in [0.717, 1.165) is 0 Å². The van der Waals surface area contributed by atoms with Crippen molar-refractivity contribution in [2.45, 2.75) is 31.3 Å². The summed E-state index contributed by atoms with van der Waals surface area (Å²) in [6.07, 6.45) is 0.233. The van der Waals surface area contributed by atoms with Gasteiger partial charge in [0, 0.05) is 17.1 Å². The Morgan fingerprint density at radius 3 is 2.80 bits per heavy atom. The lowest BCUT2D eigenvalue weighted by molar-refractivity contribution is 0.205. The molecule has 1 rings (SSSR count). The highest BCUT2D eigenvalue weighted by Gasteiger charge is 2.04. The number of hydrogen-bond acceptors (Lipinski definition) is 2. The van der Waals surface area contributed by atoms with Gasteiger partial charge in [0.15, 0.2) is 0 Å². The SMILES string of the molecule is CC#CCC(O)CSc1ccccc1C. The average Bonchev–Trinajstić information content (AvgIpc) is 2.25. The van der Waals surface area contributed by atoms with Gasteiger partial charge >= 0.3 is 0 Å². The lowest BCUT2D eigenvalue weighted by atomic mass is 10.2. The molecule has 80 valence electrons. The van der Waals surface area contributed by atoms with Crippen LogP contribution in [0.3, 0.4) is 0 Å². The van der Waals surface area contributed by atoms with Crippen molar-refractivity contribution >= 4 is 11.8 Å². The highest BCUT2D eigenvalue weighted by Crippen LogP contribution is 2.22. The van der Waals surface area contributed by atoms with Crippen LogP contribution in [0.15, 0.2) is 29.2 Å². The molecule has 0 aromatic heterocycles. The maximum atomic E-state index is 9.61. The standard InChI is InChI=1S/C13H16OS/c1-3-4-8-12(14)10-15-13-9-6-5-7-11(13)2/h5-7,9,12,14H,8,10H2,1-2H3. The average molecular weight is 220 g/mol. The molecule has 0 fully saturated rings.